The Kier molecular flexibility index (Phi) is 4.02. The molecule has 1 aromatic carbocycles. The third-order valence-corrected chi connectivity index (χ3v) is 5.86. The van der Waals surface area contributed by atoms with Crippen LogP contribution in [0.5, 0.6) is 0 Å². The van der Waals surface area contributed by atoms with Gasteiger partial charge in [0.25, 0.3) is 0 Å². The second-order valence-corrected chi connectivity index (χ2v) is 8.21. The van der Waals surface area contributed by atoms with Gasteiger partial charge in [-0.15, -0.1) is 0 Å². The van der Waals surface area contributed by atoms with Crippen molar-refractivity contribution in [2.45, 2.75) is 38.1 Å². The van der Waals surface area contributed by atoms with Gasteiger partial charge in [0, 0.05) is 6.54 Å². The molecule has 2 rings (SSSR count). The SMILES string of the molecule is CC(C)(C)C1C[C@@H]([C]=O)N(S(=O)(=O)c2ccccc2)C1. The summed E-state index contributed by atoms with van der Waals surface area (Å²) in [5.74, 6) is 0.160. The predicted octanol–water partition coefficient (Wildman–Crippen LogP) is 2.22. The van der Waals surface area contributed by atoms with E-state index in [1.807, 2.05) is 6.29 Å². The Hall–Kier alpha value is -1.20. The van der Waals surface area contributed by atoms with Crippen LogP contribution in [0.1, 0.15) is 27.2 Å². The number of carbonyl (C=O) groups excluding carboxylic acids is 1. The molecule has 1 aliphatic rings. The van der Waals surface area contributed by atoms with Crippen molar-refractivity contribution in [2.24, 2.45) is 11.3 Å². The van der Waals surface area contributed by atoms with Crippen molar-refractivity contribution in [1.82, 2.24) is 4.31 Å². The van der Waals surface area contributed by atoms with Gasteiger partial charge in [-0.25, -0.2) is 8.42 Å². The Morgan fingerprint density at radius 1 is 1.20 bits per heavy atom. The topological polar surface area (TPSA) is 54.5 Å². The molecule has 0 spiro atoms. The lowest BCUT2D eigenvalue weighted by Crippen LogP contribution is -2.37. The van der Waals surface area contributed by atoms with Crippen LogP contribution in [0.25, 0.3) is 0 Å². The van der Waals surface area contributed by atoms with Crippen LogP contribution in [-0.2, 0) is 14.8 Å². The Balaban J connectivity index is 2.34. The largest absolute Gasteiger partial charge is 0.289 e. The zero-order chi connectivity index (χ0) is 15.0. The van der Waals surface area contributed by atoms with Crippen molar-refractivity contribution in [3.8, 4) is 0 Å². The Labute approximate surface area is 120 Å². The zero-order valence-corrected chi connectivity index (χ0v) is 12.9. The maximum absolute atomic E-state index is 12.6. The van der Waals surface area contributed by atoms with Crippen molar-refractivity contribution in [1.29, 1.82) is 0 Å². The molecule has 4 nitrogen and oxygen atoms in total. The highest BCUT2D eigenvalue weighted by atomic mass is 32.2. The summed E-state index contributed by atoms with van der Waals surface area (Å²) in [7, 11) is -3.62. The molecule has 20 heavy (non-hydrogen) atoms. The summed E-state index contributed by atoms with van der Waals surface area (Å²) in [4.78, 5) is 11.4. The van der Waals surface area contributed by atoms with Crippen molar-refractivity contribution in [2.75, 3.05) is 6.54 Å². The maximum atomic E-state index is 12.6. The monoisotopic (exact) mass is 294 g/mol. The quantitative estimate of drug-likeness (QED) is 0.859. The molecule has 2 atom stereocenters. The maximum Gasteiger partial charge on any atom is 0.243 e. The first-order valence-electron chi connectivity index (χ1n) is 6.71. The van der Waals surface area contributed by atoms with Crippen LogP contribution >= 0.6 is 0 Å². The number of hydrogen-bond acceptors (Lipinski definition) is 3. The summed E-state index contributed by atoms with van der Waals surface area (Å²) >= 11 is 0. The Morgan fingerprint density at radius 3 is 2.30 bits per heavy atom. The molecule has 1 saturated heterocycles. The van der Waals surface area contributed by atoms with Gasteiger partial charge in [-0.05, 0) is 29.9 Å². The average molecular weight is 294 g/mol. The zero-order valence-electron chi connectivity index (χ0n) is 12.0. The van der Waals surface area contributed by atoms with Gasteiger partial charge in [-0.2, -0.15) is 4.31 Å². The lowest BCUT2D eigenvalue weighted by molar-refractivity contribution is 0.251. The average Bonchev–Trinajstić information content (AvgIpc) is 2.84. The van der Waals surface area contributed by atoms with Crippen molar-refractivity contribution in [3.05, 3.63) is 30.3 Å². The molecule has 1 aliphatic heterocycles. The Morgan fingerprint density at radius 2 is 1.80 bits per heavy atom. The van der Waals surface area contributed by atoms with Gasteiger partial charge >= 0.3 is 0 Å². The molecule has 1 radical (unpaired) electrons. The van der Waals surface area contributed by atoms with E-state index in [2.05, 4.69) is 20.8 Å². The molecule has 0 amide bonds. The van der Waals surface area contributed by atoms with Crippen LogP contribution in [0, 0.1) is 11.3 Å². The van der Waals surface area contributed by atoms with E-state index in [1.54, 1.807) is 30.3 Å². The molecule has 0 aromatic heterocycles. The van der Waals surface area contributed by atoms with Crippen LogP contribution in [-0.4, -0.2) is 31.6 Å². The van der Waals surface area contributed by atoms with Gasteiger partial charge in [-0.3, -0.25) is 4.79 Å². The molecule has 0 bridgehead atoms. The molecule has 1 heterocycles. The van der Waals surface area contributed by atoms with E-state index in [0.717, 1.165) is 0 Å². The molecule has 109 valence electrons. The van der Waals surface area contributed by atoms with Crippen LogP contribution in [0.3, 0.4) is 0 Å². The van der Waals surface area contributed by atoms with Crippen LogP contribution < -0.4 is 0 Å². The van der Waals surface area contributed by atoms with Gasteiger partial charge in [0.1, 0.15) is 0 Å². The summed E-state index contributed by atoms with van der Waals surface area (Å²) in [6, 6.07) is 7.57. The molecule has 0 saturated carbocycles. The van der Waals surface area contributed by atoms with E-state index in [0.29, 0.717) is 13.0 Å². The first kappa shape index (κ1) is 15.2. The summed E-state index contributed by atoms with van der Waals surface area (Å²) in [6.45, 7) is 6.58. The highest BCUT2D eigenvalue weighted by molar-refractivity contribution is 7.89. The highest BCUT2D eigenvalue weighted by Gasteiger charge is 2.44. The summed E-state index contributed by atoms with van der Waals surface area (Å²) in [5, 5.41) is 0. The van der Waals surface area contributed by atoms with Crippen molar-refractivity contribution in [3.63, 3.8) is 0 Å². The Bertz CT molecular complexity index is 575. The lowest BCUT2D eigenvalue weighted by Gasteiger charge is -2.26. The third kappa shape index (κ3) is 2.79. The van der Waals surface area contributed by atoms with E-state index in [4.69, 9.17) is 0 Å². The van der Waals surface area contributed by atoms with E-state index >= 15 is 0 Å². The smallest absolute Gasteiger partial charge is 0.243 e. The standard InChI is InChI=1S/C15H20NO3S/c1-15(2,3)12-9-13(11-17)16(10-12)20(18,19)14-7-5-4-6-8-14/h4-8,12-13H,9-10H2,1-3H3/t12?,13-/m0/s1. The van der Waals surface area contributed by atoms with E-state index in [9.17, 15) is 13.2 Å². The number of benzene rings is 1. The predicted molar refractivity (Wildman–Crippen MR) is 77.4 cm³/mol. The van der Waals surface area contributed by atoms with Crippen LogP contribution in [0.4, 0.5) is 0 Å². The van der Waals surface area contributed by atoms with E-state index in [-0.39, 0.29) is 16.2 Å². The minimum absolute atomic E-state index is 0.0317. The summed E-state index contributed by atoms with van der Waals surface area (Å²) in [5.41, 5.74) is -0.0317. The molecule has 1 unspecified atom stereocenters. The van der Waals surface area contributed by atoms with Gasteiger partial charge in [0.05, 0.1) is 10.9 Å². The second kappa shape index (κ2) is 5.30. The minimum Gasteiger partial charge on any atom is -0.289 e. The number of rotatable bonds is 3. The van der Waals surface area contributed by atoms with Gasteiger partial charge in [-0.1, -0.05) is 39.0 Å². The summed E-state index contributed by atoms with van der Waals surface area (Å²) < 4.78 is 26.5. The van der Waals surface area contributed by atoms with Crippen molar-refractivity contribution < 1.29 is 13.2 Å². The van der Waals surface area contributed by atoms with Crippen LogP contribution in [0.2, 0.25) is 0 Å². The first-order chi connectivity index (χ1) is 9.26. The number of hydrogen-bond donors (Lipinski definition) is 0. The number of sulfonamides is 1. The van der Waals surface area contributed by atoms with Gasteiger partial charge < -0.3 is 0 Å². The molecule has 0 N–H and O–H groups in total. The van der Waals surface area contributed by atoms with E-state index < -0.39 is 16.1 Å². The normalized spacial score (nSPS) is 24.8. The first-order valence-corrected chi connectivity index (χ1v) is 8.15. The lowest BCUT2D eigenvalue weighted by atomic mass is 9.79. The fourth-order valence-corrected chi connectivity index (χ4v) is 4.15. The fraction of sp³-hybridized carbons (Fsp3) is 0.533. The minimum atomic E-state index is -3.62. The molecule has 5 heteroatoms. The molecular formula is C15H20NO3S. The molecule has 0 aliphatic carbocycles. The second-order valence-electron chi connectivity index (χ2n) is 6.32. The van der Waals surface area contributed by atoms with Gasteiger partial charge in [0.2, 0.25) is 16.3 Å². The van der Waals surface area contributed by atoms with E-state index in [1.165, 1.54) is 4.31 Å². The number of nitrogens with zero attached hydrogens (tertiary/aromatic N) is 1. The summed E-state index contributed by atoms with van der Waals surface area (Å²) in [6.07, 6.45) is 2.43. The van der Waals surface area contributed by atoms with Crippen LogP contribution in [0.15, 0.2) is 35.2 Å². The molecule has 1 aromatic rings. The third-order valence-electron chi connectivity index (χ3n) is 3.97. The highest BCUT2D eigenvalue weighted by Crippen LogP contribution is 2.38. The molecular weight excluding hydrogens is 274 g/mol. The van der Waals surface area contributed by atoms with Gasteiger partial charge in [0.15, 0.2) is 0 Å². The fourth-order valence-electron chi connectivity index (χ4n) is 2.53. The molecule has 1 fully saturated rings. The van der Waals surface area contributed by atoms with Crippen molar-refractivity contribution >= 4 is 16.3 Å².